The first-order valence-corrected chi connectivity index (χ1v) is 7.07. The van der Waals surface area contributed by atoms with E-state index in [4.69, 9.17) is 16.0 Å². The highest BCUT2D eigenvalue weighted by Gasteiger charge is 2.22. The lowest BCUT2D eigenvalue weighted by molar-refractivity contribution is 0.0562. The molecule has 1 N–H and O–H groups in total. The Morgan fingerprint density at radius 3 is 2.89 bits per heavy atom. The average Bonchev–Trinajstić information content (AvgIpc) is 3.04. The van der Waals surface area contributed by atoms with Crippen LogP contribution in [0.3, 0.4) is 0 Å². The van der Waals surface area contributed by atoms with Gasteiger partial charge >= 0.3 is 5.97 Å². The van der Waals surface area contributed by atoms with Crippen molar-refractivity contribution in [3.63, 3.8) is 0 Å². The van der Waals surface area contributed by atoms with Gasteiger partial charge in [-0.2, -0.15) is 0 Å². The van der Waals surface area contributed by atoms with Gasteiger partial charge in [0.05, 0.1) is 12.1 Å². The zero-order valence-electron chi connectivity index (χ0n) is 10.6. The van der Waals surface area contributed by atoms with Crippen LogP contribution in [-0.4, -0.2) is 19.6 Å². The number of carbonyl (C=O) groups excluding carboxylic acids is 1. The van der Waals surface area contributed by atoms with Crippen molar-refractivity contribution in [2.75, 3.05) is 13.7 Å². The molecular weight excluding hydrogens is 286 g/mol. The van der Waals surface area contributed by atoms with E-state index in [9.17, 15) is 4.79 Å². The van der Waals surface area contributed by atoms with Crippen LogP contribution in [0.25, 0.3) is 0 Å². The van der Waals surface area contributed by atoms with Crippen LogP contribution in [0.2, 0.25) is 5.02 Å². The van der Waals surface area contributed by atoms with Crippen LogP contribution in [0.1, 0.15) is 34.2 Å². The molecule has 0 aliphatic heterocycles. The minimum Gasteiger partial charge on any atom is -0.463 e. The van der Waals surface area contributed by atoms with Gasteiger partial charge in [-0.25, -0.2) is 4.79 Å². The Balaban J connectivity index is 2.32. The summed E-state index contributed by atoms with van der Waals surface area (Å²) in [6.07, 6.45) is 0. The SMILES string of the molecule is CCNC(c1ccc(C(=O)OC)o1)c1sccc1Cl. The van der Waals surface area contributed by atoms with Crippen LogP contribution in [0.15, 0.2) is 28.0 Å². The van der Waals surface area contributed by atoms with Gasteiger partial charge in [-0.1, -0.05) is 18.5 Å². The fourth-order valence-electron chi connectivity index (χ4n) is 1.76. The van der Waals surface area contributed by atoms with E-state index >= 15 is 0 Å². The van der Waals surface area contributed by atoms with E-state index in [0.717, 1.165) is 11.4 Å². The highest BCUT2D eigenvalue weighted by molar-refractivity contribution is 7.10. The summed E-state index contributed by atoms with van der Waals surface area (Å²) in [7, 11) is 1.32. The van der Waals surface area contributed by atoms with Crippen molar-refractivity contribution < 1.29 is 13.9 Å². The summed E-state index contributed by atoms with van der Waals surface area (Å²) in [4.78, 5) is 12.4. The second-order valence-electron chi connectivity index (χ2n) is 3.82. The molecule has 0 saturated carbocycles. The van der Waals surface area contributed by atoms with Gasteiger partial charge in [-0.05, 0) is 30.1 Å². The molecule has 2 aromatic heterocycles. The van der Waals surface area contributed by atoms with Gasteiger partial charge < -0.3 is 14.5 Å². The van der Waals surface area contributed by atoms with E-state index in [1.54, 1.807) is 23.5 Å². The maximum atomic E-state index is 11.4. The highest BCUT2D eigenvalue weighted by Crippen LogP contribution is 2.33. The molecule has 0 radical (unpaired) electrons. The lowest BCUT2D eigenvalue weighted by Gasteiger charge is -2.14. The van der Waals surface area contributed by atoms with Gasteiger partial charge in [0.25, 0.3) is 0 Å². The number of furan rings is 1. The zero-order chi connectivity index (χ0) is 13.8. The second-order valence-corrected chi connectivity index (χ2v) is 5.17. The molecule has 1 unspecified atom stereocenters. The van der Waals surface area contributed by atoms with Crippen molar-refractivity contribution in [3.05, 3.63) is 45.0 Å². The molecule has 19 heavy (non-hydrogen) atoms. The molecule has 4 nitrogen and oxygen atoms in total. The van der Waals surface area contributed by atoms with E-state index in [0.29, 0.717) is 10.8 Å². The lowest BCUT2D eigenvalue weighted by Crippen LogP contribution is -2.20. The quantitative estimate of drug-likeness (QED) is 0.859. The molecule has 0 fully saturated rings. The molecule has 2 heterocycles. The Kier molecular flexibility index (Phi) is 4.63. The third-order valence-electron chi connectivity index (χ3n) is 2.61. The predicted molar refractivity (Wildman–Crippen MR) is 74.9 cm³/mol. The number of hydrogen-bond donors (Lipinski definition) is 1. The number of esters is 1. The summed E-state index contributed by atoms with van der Waals surface area (Å²) in [5.74, 6) is 0.346. The van der Waals surface area contributed by atoms with Crippen LogP contribution >= 0.6 is 22.9 Å². The van der Waals surface area contributed by atoms with E-state index in [2.05, 4.69) is 10.1 Å². The number of carbonyl (C=O) groups is 1. The summed E-state index contributed by atoms with van der Waals surface area (Å²) in [5.41, 5.74) is 0. The van der Waals surface area contributed by atoms with Gasteiger partial charge in [-0.15, -0.1) is 11.3 Å². The van der Waals surface area contributed by atoms with E-state index in [-0.39, 0.29) is 11.8 Å². The molecule has 2 rings (SSSR count). The summed E-state index contributed by atoms with van der Waals surface area (Å²) in [6.45, 7) is 2.76. The fourth-order valence-corrected chi connectivity index (χ4v) is 3.00. The van der Waals surface area contributed by atoms with Crippen molar-refractivity contribution >= 4 is 28.9 Å². The van der Waals surface area contributed by atoms with Crippen LogP contribution in [0, 0.1) is 0 Å². The molecule has 6 heteroatoms. The van der Waals surface area contributed by atoms with Gasteiger partial charge in [0.2, 0.25) is 5.76 Å². The number of thiophene rings is 1. The number of ether oxygens (including phenoxy) is 1. The number of halogens is 1. The smallest absolute Gasteiger partial charge is 0.373 e. The highest BCUT2D eigenvalue weighted by atomic mass is 35.5. The molecule has 0 aromatic carbocycles. The van der Waals surface area contributed by atoms with Crippen molar-refractivity contribution in [1.82, 2.24) is 5.32 Å². The van der Waals surface area contributed by atoms with E-state index in [1.165, 1.54) is 7.11 Å². The Morgan fingerprint density at radius 1 is 1.53 bits per heavy atom. The predicted octanol–water partition coefficient (Wildman–Crippen LogP) is 3.48. The number of rotatable bonds is 5. The molecule has 0 saturated heterocycles. The molecule has 0 aliphatic carbocycles. The Bertz CT molecular complexity index is 564. The van der Waals surface area contributed by atoms with E-state index < -0.39 is 5.97 Å². The van der Waals surface area contributed by atoms with E-state index in [1.807, 2.05) is 18.4 Å². The normalized spacial score (nSPS) is 12.4. The number of nitrogens with one attached hydrogen (secondary N) is 1. The van der Waals surface area contributed by atoms with Crippen LogP contribution < -0.4 is 5.32 Å². The Hall–Kier alpha value is -1.30. The van der Waals surface area contributed by atoms with Gasteiger partial charge in [0.15, 0.2) is 0 Å². The molecule has 0 bridgehead atoms. The van der Waals surface area contributed by atoms with Crippen LogP contribution in [-0.2, 0) is 4.74 Å². The molecule has 0 spiro atoms. The fraction of sp³-hybridized carbons (Fsp3) is 0.308. The summed E-state index contributed by atoms with van der Waals surface area (Å²) >= 11 is 7.70. The summed E-state index contributed by atoms with van der Waals surface area (Å²) in [5, 5.41) is 5.90. The lowest BCUT2D eigenvalue weighted by atomic mass is 10.2. The summed E-state index contributed by atoms with van der Waals surface area (Å²) < 4.78 is 10.2. The molecule has 0 amide bonds. The molecule has 102 valence electrons. The number of methoxy groups -OCH3 is 1. The zero-order valence-corrected chi connectivity index (χ0v) is 12.2. The molecule has 1 atom stereocenters. The first kappa shape index (κ1) is 14.1. The average molecular weight is 300 g/mol. The van der Waals surface area contributed by atoms with Gasteiger partial charge in [0, 0.05) is 4.88 Å². The maximum absolute atomic E-state index is 11.4. The van der Waals surface area contributed by atoms with Crippen LogP contribution in [0.4, 0.5) is 0 Å². The molecule has 0 aliphatic rings. The van der Waals surface area contributed by atoms with Crippen molar-refractivity contribution in [2.24, 2.45) is 0 Å². The Morgan fingerprint density at radius 2 is 2.32 bits per heavy atom. The maximum Gasteiger partial charge on any atom is 0.373 e. The Labute approximate surface area is 120 Å². The minimum absolute atomic E-state index is 0.157. The molecular formula is C13H14ClNO3S. The van der Waals surface area contributed by atoms with Crippen molar-refractivity contribution in [1.29, 1.82) is 0 Å². The summed E-state index contributed by atoms with van der Waals surface area (Å²) in [6, 6.07) is 5.05. The largest absolute Gasteiger partial charge is 0.463 e. The van der Waals surface area contributed by atoms with Crippen LogP contribution in [0.5, 0.6) is 0 Å². The molecule has 2 aromatic rings. The topological polar surface area (TPSA) is 51.5 Å². The second kappa shape index (κ2) is 6.23. The standard InChI is InChI=1S/C13H14ClNO3S/c1-3-15-11(12-8(14)6-7-19-12)9-4-5-10(18-9)13(16)17-2/h4-7,11,15H,3H2,1-2H3. The van der Waals surface area contributed by atoms with Gasteiger partial charge in [0.1, 0.15) is 11.8 Å². The first-order chi connectivity index (χ1) is 9.17. The van der Waals surface area contributed by atoms with Crippen molar-refractivity contribution in [2.45, 2.75) is 13.0 Å². The minimum atomic E-state index is -0.487. The third-order valence-corrected chi connectivity index (χ3v) is 4.04. The van der Waals surface area contributed by atoms with Gasteiger partial charge in [-0.3, -0.25) is 0 Å². The first-order valence-electron chi connectivity index (χ1n) is 5.81. The third kappa shape index (κ3) is 3.00. The monoisotopic (exact) mass is 299 g/mol. The van der Waals surface area contributed by atoms with Crippen molar-refractivity contribution in [3.8, 4) is 0 Å². The number of hydrogen-bond acceptors (Lipinski definition) is 5.